The second-order valence-electron chi connectivity index (χ2n) is 13.8. The first kappa shape index (κ1) is 34.9. The maximum absolute atomic E-state index is 14.6. The fourth-order valence-electron chi connectivity index (χ4n) is 8.26. The van der Waals surface area contributed by atoms with Crippen LogP contribution in [-0.4, -0.2) is 53.7 Å². The summed E-state index contributed by atoms with van der Waals surface area (Å²) in [6.07, 6.45) is 15.7. The van der Waals surface area contributed by atoms with Gasteiger partial charge >= 0.3 is 5.97 Å². The van der Waals surface area contributed by atoms with Gasteiger partial charge in [0.25, 0.3) is 0 Å². The van der Waals surface area contributed by atoms with Crippen LogP contribution in [0.4, 0.5) is 10.1 Å². The molecule has 3 aliphatic rings. The van der Waals surface area contributed by atoms with Gasteiger partial charge in [0.15, 0.2) is 0 Å². The van der Waals surface area contributed by atoms with Crippen LogP contribution in [0.15, 0.2) is 60.2 Å². The number of aryl methyl sites for hydroxylation is 1. The fraction of sp³-hybridized carbons (Fsp3) is 0.550. The van der Waals surface area contributed by atoms with Crippen molar-refractivity contribution in [3.63, 3.8) is 0 Å². The van der Waals surface area contributed by atoms with Crippen LogP contribution >= 0.6 is 0 Å². The number of ether oxygens (including phenoxy) is 1. The lowest BCUT2D eigenvalue weighted by Gasteiger charge is -2.35. The molecule has 1 unspecified atom stereocenters. The maximum Gasteiger partial charge on any atom is 0.308 e. The van der Waals surface area contributed by atoms with E-state index in [1.54, 1.807) is 19.1 Å². The quantitative estimate of drug-likeness (QED) is 0.210. The molecule has 4 atom stereocenters. The van der Waals surface area contributed by atoms with E-state index in [-0.39, 0.29) is 36.3 Å². The van der Waals surface area contributed by atoms with E-state index in [2.05, 4.69) is 50.0 Å². The number of carboxylic acid groups (broad SMARTS) is 1. The second kappa shape index (κ2) is 16.1. The van der Waals surface area contributed by atoms with Gasteiger partial charge in [0.05, 0.1) is 19.1 Å². The third kappa shape index (κ3) is 7.99. The van der Waals surface area contributed by atoms with Crippen molar-refractivity contribution in [3.8, 4) is 5.75 Å². The Morgan fingerprint density at radius 1 is 1.06 bits per heavy atom. The molecule has 254 valence electrons. The van der Waals surface area contributed by atoms with Crippen molar-refractivity contribution in [2.75, 3.05) is 24.6 Å². The number of benzene rings is 2. The minimum atomic E-state index is -0.810. The molecule has 1 aliphatic carbocycles. The summed E-state index contributed by atoms with van der Waals surface area (Å²) >= 11 is 0. The number of aliphatic carboxylic acids is 1. The molecular formula is C40H53FN2O4. The van der Waals surface area contributed by atoms with Gasteiger partial charge < -0.3 is 14.7 Å². The molecule has 1 N–H and O–H groups in total. The van der Waals surface area contributed by atoms with Gasteiger partial charge in [-0.05, 0) is 92.3 Å². The van der Waals surface area contributed by atoms with Crippen LogP contribution in [0.1, 0.15) is 101 Å². The van der Waals surface area contributed by atoms with Crippen LogP contribution in [0, 0.1) is 24.6 Å². The summed E-state index contributed by atoms with van der Waals surface area (Å²) in [6.45, 7) is 9.46. The first-order chi connectivity index (χ1) is 22.7. The topological polar surface area (TPSA) is 70.1 Å². The predicted molar refractivity (Wildman–Crippen MR) is 187 cm³/mol. The highest BCUT2D eigenvalue weighted by Crippen LogP contribution is 2.43. The highest BCUT2D eigenvalue weighted by molar-refractivity contribution is 5.95. The second-order valence-corrected chi connectivity index (χ2v) is 13.8. The summed E-state index contributed by atoms with van der Waals surface area (Å²) in [5.74, 6) is -0.673. The molecule has 2 heterocycles. The normalized spacial score (nSPS) is 22.3. The zero-order valence-electron chi connectivity index (χ0n) is 28.7. The Labute approximate surface area is 280 Å². The number of carbonyl (C=O) groups excluding carboxylic acids is 1. The van der Waals surface area contributed by atoms with Gasteiger partial charge in [-0.1, -0.05) is 76.0 Å². The number of hydrogen-bond donors (Lipinski definition) is 1. The van der Waals surface area contributed by atoms with Crippen molar-refractivity contribution in [3.05, 3.63) is 82.7 Å². The van der Waals surface area contributed by atoms with Crippen molar-refractivity contribution in [1.82, 2.24) is 4.90 Å². The van der Waals surface area contributed by atoms with Crippen molar-refractivity contribution < 1.29 is 23.8 Å². The Balaban J connectivity index is 1.49. The fourth-order valence-corrected chi connectivity index (χ4v) is 8.26. The molecule has 5 rings (SSSR count). The van der Waals surface area contributed by atoms with Crippen LogP contribution in [0.5, 0.6) is 5.75 Å². The molecule has 1 fully saturated rings. The molecule has 2 aromatic carbocycles. The third-order valence-corrected chi connectivity index (χ3v) is 10.6. The van der Waals surface area contributed by atoms with Crippen molar-refractivity contribution in [2.45, 2.75) is 110 Å². The number of fused-ring (bicyclic) bond motifs is 1. The third-order valence-electron chi connectivity index (χ3n) is 10.6. The number of likely N-dealkylation sites (tertiary alicyclic amines) is 1. The Hall–Kier alpha value is -3.45. The number of halogens is 1. The molecule has 0 spiro atoms. The van der Waals surface area contributed by atoms with Crippen molar-refractivity contribution in [2.24, 2.45) is 11.8 Å². The van der Waals surface area contributed by atoms with Crippen LogP contribution in [0.25, 0.3) is 0 Å². The molecule has 0 bridgehead atoms. The molecular weight excluding hydrogens is 591 g/mol. The lowest BCUT2D eigenvalue weighted by atomic mass is 9.80. The van der Waals surface area contributed by atoms with E-state index >= 15 is 0 Å². The summed E-state index contributed by atoms with van der Waals surface area (Å²) in [7, 11) is 0. The average molecular weight is 645 g/mol. The zero-order valence-corrected chi connectivity index (χ0v) is 28.7. The largest absolute Gasteiger partial charge is 0.493 e. The highest BCUT2D eigenvalue weighted by Gasteiger charge is 2.47. The SMILES string of the molecule is CCCC1CC=CC=C1CC[C@H]1[C@H](C(=O)O)[C@@H](c2ccc3c(c2)CCO3)CN1CC(=O)N(c1ccc(F)c(C)c1)C(CCC)CCC. The molecule has 47 heavy (non-hydrogen) atoms. The van der Waals surface area contributed by atoms with Crippen LogP contribution in [0.3, 0.4) is 0 Å². The number of anilines is 1. The zero-order chi connectivity index (χ0) is 33.5. The lowest BCUT2D eigenvalue weighted by Crippen LogP contribution is -2.48. The minimum absolute atomic E-state index is 0.0137. The summed E-state index contributed by atoms with van der Waals surface area (Å²) in [5.41, 5.74) is 4.74. The summed E-state index contributed by atoms with van der Waals surface area (Å²) in [6, 6.07) is 10.8. The van der Waals surface area contributed by atoms with Gasteiger partial charge in [-0.25, -0.2) is 4.39 Å². The van der Waals surface area contributed by atoms with Crippen LogP contribution in [0.2, 0.25) is 0 Å². The summed E-state index contributed by atoms with van der Waals surface area (Å²) < 4.78 is 20.1. The van der Waals surface area contributed by atoms with Gasteiger partial charge in [-0.15, -0.1) is 0 Å². The standard InChI is InChI=1S/C40H53FN2O4/c1-5-10-28-13-8-9-14-29(28)15-19-36-39(40(45)46)34(30-16-20-37-31(24-30)21-22-47-37)25-42(36)26-38(44)43(32(11-6-2)12-7-3)33-17-18-35(41)27(4)23-33/h8-9,14,16-18,20,23-24,28,32,34,36,39H,5-7,10-13,15,19,21-22,25-26H2,1-4H3,(H,45,46)/t28?,34-,36+,39-/m1/s1. The minimum Gasteiger partial charge on any atom is -0.493 e. The number of nitrogens with zero attached hydrogens (tertiary/aromatic N) is 2. The number of hydrogen-bond acceptors (Lipinski definition) is 4. The Morgan fingerprint density at radius 2 is 1.85 bits per heavy atom. The van der Waals surface area contributed by atoms with Crippen molar-refractivity contribution >= 4 is 17.6 Å². The number of amides is 1. The van der Waals surface area contributed by atoms with Gasteiger partial charge in [-0.2, -0.15) is 0 Å². The first-order valence-corrected chi connectivity index (χ1v) is 17.9. The summed E-state index contributed by atoms with van der Waals surface area (Å²) in [4.78, 5) is 31.8. The monoisotopic (exact) mass is 644 g/mol. The molecule has 6 nitrogen and oxygen atoms in total. The number of carbonyl (C=O) groups is 2. The average Bonchev–Trinajstić information content (AvgIpc) is 3.67. The molecule has 2 aromatic rings. The smallest absolute Gasteiger partial charge is 0.308 e. The Bertz CT molecular complexity index is 1460. The van der Waals surface area contributed by atoms with Gasteiger partial charge in [0, 0.05) is 36.7 Å². The lowest BCUT2D eigenvalue weighted by molar-refractivity contribution is -0.143. The van der Waals surface area contributed by atoms with Crippen molar-refractivity contribution in [1.29, 1.82) is 0 Å². The molecule has 7 heteroatoms. The van der Waals surface area contributed by atoms with Crippen LogP contribution in [-0.2, 0) is 16.0 Å². The van der Waals surface area contributed by atoms with E-state index < -0.39 is 11.9 Å². The van der Waals surface area contributed by atoms with Gasteiger partial charge in [-0.3, -0.25) is 14.5 Å². The van der Waals surface area contributed by atoms with E-state index in [0.29, 0.717) is 36.7 Å². The molecule has 0 saturated carbocycles. The molecule has 1 amide bonds. The predicted octanol–water partition coefficient (Wildman–Crippen LogP) is 8.62. The maximum atomic E-state index is 14.6. The highest BCUT2D eigenvalue weighted by atomic mass is 19.1. The Morgan fingerprint density at radius 3 is 2.55 bits per heavy atom. The molecule has 1 saturated heterocycles. The van der Waals surface area contributed by atoms with E-state index in [1.165, 1.54) is 11.6 Å². The van der Waals surface area contributed by atoms with E-state index in [1.807, 2.05) is 17.0 Å². The van der Waals surface area contributed by atoms with Crippen LogP contribution < -0.4 is 9.64 Å². The van der Waals surface area contributed by atoms with E-state index in [9.17, 15) is 19.1 Å². The van der Waals surface area contributed by atoms with Gasteiger partial charge in [0.2, 0.25) is 5.91 Å². The number of carboxylic acids is 1. The molecule has 0 aromatic heterocycles. The Kier molecular flexibility index (Phi) is 11.9. The molecule has 2 aliphatic heterocycles. The van der Waals surface area contributed by atoms with E-state index in [4.69, 9.17) is 4.74 Å². The van der Waals surface area contributed by atoms with E-state index in [0.717, 1.165) is 74.7 Å². The summed E-state index contributed by atoms with van der Waals surface area (Å²) in [5, 5.41) is 10.8. The van der Waals surface area contributed by atoms with Gasteiger partial charge in [0.1, 0.15) is 11.6 Å². The first-order valence-electron chi connectivity index (χ1n) is 17.9. The number of allylic oxidation sites excluding steroid dienone is 4. The molecule has 0 radical (unpaired) electrons. The number of rotatable bonds is 15.